The molecule has 0 amide bonds. The van der Waals surface area contributed by atoms with E-state index in [4.69, 9.17) is 0 Å². The van der Waals surface area contributed by atoms with Gasteiger partial charge in [0.15, 0.2) is 0 Å². The Bertz CT molecular complexity index is 234. The summed E-state index contributed by atoms with van der Waals surface area (Å²) in [5.74, 6) is 0. The van der Waals surface area contributed by atoms with Crippen molar-refractivity contribution >= 4 is 0 Å². The fraction of sp³-hybridized carbons (Fsp3) is 0.667. The van der Waals surface area contributed by atoms with Crippen LogP contribution in [0, 0.1) is 0 Å². The maximum Gasteiger partial charge on any atom is 0.0997 e. The predicted molar refractivity (Wildman–Crippen MR) is 38.5 cm³/mol. The van der Waals surface area contributed by atoms with Crippen molar-refractivity contribution in [3.63, 3.8) is 0 Å². The second kappa shape index (κ2) is 2.05. The summed E-state index contributed by atoms with van der Waals surface area (Å²) in [6.45, 7) is 2.03. The molecule has 0 aliphatic carbocycles. The van der Waals surface area contributed by atoms with E-state index < -0.39 is 0 Å². The number of aromatic amines is 1. The van der Waals surface area contributed by atoms with Crippen LogP contribution in [0.1, 0.15) is 12.8 Å². The quantitative estimate of drug-likeness (QED) is 0.553. The lowest BCUT2D eigenvalue weighted by atomic mass is 10.2. The van der Waals surface area contributed by atoms with Gasteiger partial charge in [0.2, 0.25) is 0 Å². The molecule has 1 aliphatic rings. The molecule has 2 rings (SSSR count). The topological polar surface area (TPSA) is 44.8 Å². The van der Waals surface area contributed by atoms with Crippen molar-refractivity contribution in [2.24, 2.45) is 0 Å². The highest BCUT2D eigenvalue weighted by atomic mass is 15.3. The average Bonchev–Trinajstić information content (AvgIpc) is 2.33. The lowest BCUT2D eigenvalue weighted by molar-refractivity contribution is 0.307. The second-order valence-corrected chi connectivity index (χ2v) is 2.70. The molecule has 1 aliphatic heterocycles. The molecule has 0 spiro atoms. The molecule has 0 atom stereocenters. The molecule has 0 unspecified atom stereocenters. The second-order valence-electron chi connectivity index (χ2n) is 2.70. The van der Waals surface area contributed by atoms with Crippen molar-refractivity contribution in [1.82, 2.24) is 20.3 Å². The summed E-state index contributed by atoms with van der Waals surface area (Å²) in [7, 11) is 2.09. The third-order valence-electron chi connectivity index (χ3n) is 1.85. The van der Waals surface area contributed by atoms with Gasteiger partial charge in [-0.1, -0.05) is 0 Å². The van der Waals surface area contributed by atoms with E-state index in [2.05, 4.69) is 27.4 Å². The molecule has 1 aromatic rings. The lowest BCUT2D eigenvalue weighted by Gasteiger charge is -2.19. The number of aromatic nitrogens is 3. The summed E-state index contributed by atoms with van der Waals surface area (Å²) >= 11 is 0. The highest BCUT2D eigenvalue weighted by Crippen LogP contribution is 2.10. The SMILES string of the molecule is CN1CCc2n[nH]nc2C1.[HH]. The number of H-pyrrole nitrogens is 1. The average molecular weight is 140 g/mol. The molecule has 2 heterocycles. The van der Waals surface area contributed by atoms with E-state index in [-0.39, 0.29) is 1.43 Å². The molecule has 0 saturated heterocycles. The van der Waals surface area contributed by atoms with Crippen molar-refractivity contribution < 1.29 is 1.43 Å². The molecule has 0 aromatic carbocycles. The van der Waals surface area contributed by atoms with Crippen LogP contribution in [0.15, 0.2) is 0 Å². The number of likely N-dealkylation sites (N-methyl/N-ethyl adjacent to an activating group) is 1. The summed E-state index contributed by atoms with van der Waals surface area (Å²) in [6, 6.07) is 0. The van der Waals surface area contributed by atoms with E-state index in [1.807, 2.05) is 0 Å². The molecule has 0 radical (unpaired) electrons. The van der Waals surface area contributed by atoms with E-state index in [1.165, 1.54) is 0 Å². The summed E-state index contributed by atoms with van der Waals surface area (Å²) in [5, 5.41) is 10.7. The zero-order valence-electron chi connectivity index (χ0n) is 5.96. The van der Waals surface area contributed by atoms with Crippen LogP contribution < -0.4 is 0 Å². The van der Waals surface area contributed by atoms with E-state index in [1.54, 1.807) is 0 Å². The van der Waals surface area contributed by atoms with Crippen LogP contribution in [0.3, 0.4) is 0 Å². The van der Waals surface area contributed by atoms with Gasteiger partial charge in [0.05, 0.1) is 11.4 Å². The van der Waals surface area contributed by atoms with Crippen molar-refractivity contribution in [3.8, 4) is 0 Å². The number of nitrogens with one attached hydrogen (secondary N) is 1. The maximum atomic E-state index is 4.03. The molecule has 0 saturated carbocycles. The summed E-state index contributed by atoms with van der Waals surface area (Å²) in [6.07, 6.45) is 1.03. The van der Waals surface area contributed by atoms with Gasteiger partial charge in [-0.05, 0) is 7.05 Å². The fourth-order valence-corrected chi connectivity index (χ4v) is 1.23. The van der Waals surface area contributed by atoms with Crippen LogP contribution in [-0.4, -0.2) is 33.9 Å². The van der Waals surface area contributed by atoms with Crippen LogP contribution in [0.4, 0.5) is 0 Å². The monoisotopic (exact) mass is 140 g/mol. The molecule has 4 nitrogen and oxygen atoms in total. The maximum absolute atomic E-state index is 4.03. The number of fused-ring (bicyclic) bond motifs is 1. The Morgan fingerprint density at radius 1 is 1.50 bits per heavy atom. The van der Waals surface area contributed by atoms with Gasteiger partial charge in [0.25, 0.3) is 0 Å². The van der Waals surface area contributed by atoms with Crippen molar-refractivity contribution in [3.05, 3.63) is 11.4 Å². The molecular weight excluding hydrogens is 128 g/mol. The minimum Gasteiger partial charge on any atom is -0.300 e. The van der Waals surface area contributed by atoms with Gasteiger partial charge in [-0.2, -0.15) is 15.4 Å². The fourth-order valence-electron chi connectivity index (χ4n) is 1.23. The zero-order valence-corrected chi connectivity index (χ0v) is 5.96. The van der Waals surface area contributed by atoms with Gasteiger partial charge < -0.3 is 4.90 Å². The Morgan fingerprint density at radius 2 is 2.30 bits per heavy atom. The van der Waals surface area contributed by atoms with E-state index in [0.29, 0.717) is 0 Å². The number of hydrogen-bond donors (Lipinski definition) is 1. The Kier molecular flexibility index (Phi) is 1.20. The van der Waals surface area contributed by atoms with E-state index >= 15 is 0 Å². The van der Waals surface area contributed by atoms with Crippen LogP contribution >= 0.6 is 0 Å². The van der Waals surface area contributed by atoms with Crippen molar-refractivity contribution in [1.29, 1.82) is 0 Å². The summed E-state index contributed by atoms with van der Waals surface area (Å²) in [5.41, 5.74) is 2.24. The van der Waals surface area contributed by atoms with Gasteiger partial charge >= 0.3 is 0 Å². The minimum atomic E-state index is 0. The van der Waals surface area contributed by atoms with Crippen molar-refractivity contribution in [2.45, 2.75) is 13.0 Å². The van der Waals surface area contributed by atoms with Gasteiger partial charge in [0, 0.05) is 20.9 Å². The third-order valence-corrected chi connectivity index (χ3v) is 1.85. The molecule has 1 aromatic heterocycles. The van der Waals surface area contributed by atoms with Crippen molar-refractivity contribution in [2.75, 3.05) is 13.6 Å². The molecular formula is C6H12N4. The standard InChI is InChI=1S/C6H10N4.H2/c1-10-3-2-5-6(4-10)8-9-7-5;/h2-4H2,1H3,(H,7,8,9);1H. The molecule has 0 fully saturated rings. The summed E-state index contributed by atoms with van der Waals surface area (Å²) < 4.78 is 0. The normalized spacial score (nSPS) is 18.9. The van der Waals surface area contributed by atoms with Crippen LogP contribution in [0.25, 0.3) is 0 Å². The highest BCUT2D eigenvalue weighted by Gasteiger charge is 2.15. The molecule has 56 valence electrons. The highest BCUT2D eigenvalue weighted by molar-refractivity contribution is 5.11. The molecule has 4 heteroatoms. The van der Waals surface area contributed by atoms with E-state index in [0.717, 1.165) is 30.9 Å². The first-order valence-corrected chi connectivity index (χ1v) is 3.43. The Hall–Kier alpha value is -0.900. The van der Waals surface area contributed by atoms with Gasteiger partial charge in [0.1, 0.15) is 0 Å². The Morgan fingerprint density at radius 3 is 3.20 bits per heavy atom. The molecule has 10 heavy (non-hydrogen) atoms. The summed E-state index contributed by atoms with van der Waals surface area (Å²) in [4.78, 5) is 2.24. The zero-order chi connectivity index (χ0) is 6.97. The minimum absolute atomic E-state index is 0. The number of rotatable bonds is 0. The Labute approximate surface area is 60.7 Å². The van der Waals surface area contributed by atoms with Crippen LogP contribution in [-0.2, 0) is 13.0 Å². The predicted octanol–water partition coefficient (Wildman–Crippen LogP) is 0.0386. The third kappa shape index (κ3) is 0.806. The van der Waals surface area contributed by atoms with Gasteiger partial charge in [-0.15, -0.1) is 0 Å². The largest absolute Gasteiger partial charge is 0.300 e. The lowest BCUT2D eigenvalue weighted by Crippen LogP contribution is -2.26. The first kappa shape index (κ1) is 5.85. The van der Waals surface area contributed by atoms with Crippen LogP contribution in [0.2, 0.25) is 0 Å². The Balaban J connectivity index is 0.000000605. The number of hydrogen-bond acceptors (Lipinski definition) is 3. The molecule has 0 bridgehead atoms. The molecule has 1 N–H and O–H groups in total. The van der Waals surface area contributed by atoms with E-state index in [9.17, 15) is 0 Å². The van der Waals surface area contributed by atoms with Gasteiger partial charge in [-0.25, -0.2) is 0 Å². The van der Waals surface area contributed by atoms with Crippen LogP contribution in [0.5, 0.6) is 0 Å². The first-order valence-electron chi connectivity index (χ1n) is 3.43. The first-order chi connectivity index (χ1) is 4.86. The smallest absolute Gasteiger partial charge is 0.0997 e. The van der Waals surface area contributed by atoms with Gasteiger partial charge in [-0.3, -0.25) is 0 Å². The number of nitrogens with zero attached hydrogens (tertiary/aromatic N) is 3.